The third-order valence-corrected chi connectivity index (χ3v) is 6.15. The summed E-state index contributed by atoms with van der Waals surface area (Å²) in [6.45, 7) is 5.35. The Morgan fingerprint density at radius 2 is 1.93 bits per heavy atom. The van der Waals surface area contributed by atoms with E-state index in [1.807, 2.05) is 33.8 Å². The minimum Gasteiger partial charge on any atom is -0.497 e. The number of carbonyl (C=O) groups is 1. The van der Waals surface area contributed by atoms with Crippen molar-refractivity contribution >= 4 is 5.91 Å². The van der Waals surface area contributed by atoms with E-state index in [-0.39, 0.29) is 6.10 Å². The van der Waals surface area contributed by atoms with E-state index in [4.69, 9.17) is 9.47 Å². The third kappa shape index (κ3) is 3.86. The van der Waals surface area contributed by atoms with Crippen LogP contribution in [-0.4, -0.2) is 64.0 Å². The first-order valence-corrected chi connectivity index (χ1v) is 10.4. The first kappa shape index (κ1) is 18.6. The molecule has 0 spiro atoms. The van der Waals surface area contributed by atoms with Crippen LogP contribution in [0.1, 0.15) is 35.9 Å². The second-order valence-electron chi connectivity index (χ2n) is 8.11. The van der Waals surface area contributed by atoms with Gasteiger partial charge in [0.2, 0.25) is 5.91 Å². The molecule has 29 heavy (non-hydrogen) atoms. The lowest BCUT2D eigenvalue weighted by molar-refractivity contribution is -0.134. The summed E-state index contributed by atoms with van der Waals surface area (Å²) in [5.74, 6) is 1.50. The Balaban J connectivity index is 1.19. The number of hydrogen-bond acceptors (Lipinski definition) is 6. The summed E-state index contributed by atoms with van der Waals surface area (Å²) >= 11 is 0. The summed E-state index contributed by atoms with van der Waals surface area (Å²) in [6, 6.07) is 7.98. The topological polar surface area (TPSA) is 72.7 Å². The summed E-state index contributed by atoms with van der Waals surface area (Å²) < 4.78 is 13.3. The van der Waals surface area contributed by atoms with Gasteiger partial charge in [0.1, 0.15) is 17.5 Å². The molecule has 1 aromatic carbocycles. The van der Waals surface area contributed by atoms with E-state index in [1.165, 1.54) is 0 Å². The molecule has 8 heteroatoms. The van der Waals surface area contributed by atoms with Crippen molar-refractivity contribution in [3.8, 4) is 5.75 Å². The van der Waals surface area contributed by atoms with Gasteiger partial charge in [0, 0.05) is 38.6 Å². The zero-order valence-corrected chi connectivity index (χ0v) is 16.8. The summed E-state index contributed by atoms with van der Waals surface area (Å²) in [5.41, 5.74) is 3.16. The van der Waals surface area contributed by atoms with Gasteiger partial charge in [0.25, 0.3) is 0 Å². The molecular formula is C21H27N5O3. The number of piperazine rings is 1. The number of hydrogen-bond donors (Lipinski definition) is 0. The van der Waals surface area contributed by atoms with Crippen LogP contribution in [0.4, 0.5) is 0 Å². The quantitative estimate of drug-likeness (QED) is 0.763. The van der Waals surface area contributed by atoms with Gasteiger partial charge < -0.3 is 14.4 Å². The molecule has 1 unspecified atom stereocenters. The van der Waals surface area contributed by atoms with Crippen molar-refractivity contribution in [1.82, 2.24) is 24.8 Å². The van der Waals surface area contributed by atoms with Gasteiger partial charge in [-0.25, -0.2) is 4.68 Å². The van der Waals surface area contributed by atoms with Gasteiger partial charge in [-0.05, 0) is 30.5 Å². The van der Waals surface area contributed by atoms with E-state index >= 15 is 0 Å². The van der Waals surface area contributed by atoms with Gasteiger partial charge in [-0.3, -0.25) is 9.69 Å². The maximum atomic E-state index is 12.2. The molecule has 1 aromatic heterocycles. The van der Waals surface area contributed by atoms with Crippen molar-refractivity contribution in [2.24, 2.45) is 5.92 Å². The van der Waals surface area contributed by atoms with E-state index in [0.717, 1.165) is 68.3 Å². The first-order valence-electron chi connectivity index (χ1n) is 10.4. The average Bonchev–Trinajstić information content (AvgIpc) is 3.55. The number of methoxy groups -OCH3 is 1. The minimum absolute atomic E-state index is 0.0278. The lowest BCUT2D eigenvalue weighted by atomic mass is 10.1. The summed E-state index contributed by atoms with van der Waals surface area (Å²) in [4.78, 5) is 16.6. The minimum atomic E-state index is -0.0278. The van der Waals surface area contributed by atoms with Gasteiger partial charge in [-0.2, -0.15) is 0 Å². The van der Waals surface area contributed by atoms with Crippen molar-refractivity contribution < 1.29 is 14.3 Å². The van der Waals surface area contributed by atoms with Crippen LogP contribution in [0.15, 0.2) is 24.3 Å². The number of carbonyl (C=O) groups excluding carboxylic acids is 1. The van der Waals surface area contributed by atoms with E-state index in [2.05, 4.69) is 15.2 Å². The summed E-state index contributed by atoms with van der Waals surface area (Å²) in [5, 5.41) is 8.81. The van der Waals surface area contributed by atoms with E-state index in [1.54, 1.807) is 7.11 Å². The summed E-state index contributed by atoms with van der Waals surface area (Å²) in [7, 11) is 1.67. The highest BCUT2D eigenvalue weighted by molar-refractivity contribution is 5.81. The Labute approximate surface area is 170 Å². The summed E-state index contributed by atoms with van der Waals surface area (Å²) in [6.07, 6.45) is 2.12. The largest absolute Gasteiger partial charge is 0.497 e. The second-order valence-corrected chi connectivity index (χ2v) is 8.11. The van der Waals surface area contributed by atoms with E-state index in [9.17, 15) is 4.79 Å². The Bertz CT molecular complexity index is 869. The molecule has 1 atom stereocenters. The first-order chi connectivity index (χ1) is 14.2. The van der Waals surface area contributed by atoms with Gasteiger partial charge in [-0.15, -0.1) is 5.10 Å². The van der Waals surface area contributed by atoms with Crippen LogP contribution in [0, 0.1) is 5.92 Å². The molecule has 2 aliphatic heterocycles. The molecule has 2 aromatic rings. The van der Waals surface area contributed by atoms with Crippen molar-refractivity contribution in [1.29, 1.82) is 0 Å². The van der Waals surface area contributed by atoms with Gasteiger partial charge in [-0.1, -0.05) is 17.3 Å². The van der Waals surface area contributed by atoms with Crippen LogP contribution < -0.4 is 4.74 Å². The van der Waals surface area contributed by atoms with Crippen LogP contribution in [0.25, 0.3) is 0 Å². The average molecular weight is 397 g/mol. The fourth-order valence-corrected chi connectivity index (χ4v) is 4.13. The van der Waals surface area contributed by atoms with Crippen LogP contribution in [-0.2, 0) is 29.2 Å². The van der Waals surface area contributed by atoms with Crippen molar-refractivity contribution in [3.05, 3.63) is 41.2 Å². The predicted molar refractivity (Wildman–Crippen MR) is 105 cm³/mol. The molecular weight excluding hydrogens is 370 g/mol. The number of amides is 1. The number of ether oxygens (including phenoxy) is 2. The van der Waals surface area contributed by atoms with Gasteiger partial charge in [0.15, 0.2) is 0 Å². The van der Waals surface area contributed by atoms with Gasteiger partial charge in [0.05, 0.1) is 26.0 Å². The maximum Gasteiger partial charge on any atom is 0.225 e. The van der Waals surface area contributed by atoms with E-state index < -0.39 is 0 Å². The number of benzene rings is 1. The molecule has 5 rings (SSSR count). The predicted octanol–water partition coefficient (Wildman–Crippen LogP) is 1.61. The normalized spacial score (nSPS) is 22.4. The molecule has 0 bridgehead atoms. The Hall–Kier alpha value is -2.45. The zero-order valence-electron chi connectivity index (χ0n) is 16.8. The Morgan fingerprint density at radius 3 is 2.62 bits per heavy atom. The van der Waals surface area contributed by atoms with Crippen LogP contribution in [0.3, 0.4) is 0 Å². The molecule has 0 N–H and O–H groups in total. The molecule has 1 amide bonds. The highest BCUT2D eigenvalue weighted by Gasteiger charge is 2.35. The van der Waals surface area contributed by atoms with Crippen molar-refractivity contribution in [2.75, 3.05) is 33.3 Å². The highest BCUT2D eigenvalue weighted by atomic mass is 16.5. The zero-order chi connectivity index (χ0) is 19.8. The molecule has 8 nitrogen and oxygen atoms in total. The molecule has 1 saturated heterocycles. The Kier molecular flexibility index (Phi) is 4.97. The smallest absolute Gasteiger partial charge is 0.225 e. The molecule has 3 aliphatic rings. The molecule has 1 aliphatic carbocycles. The van der Waals surface area contributed by atoms with Crippen molar-refractivity contribution in [2.45, 2.75) is 38.6 Å². The third-order valence-electron chi connectivity index (χ3n) is 6.15. The molecule has 3 heterocycles. The monoisotopic (exact) mass is 397 g/mol. The van der Waals surface area contributed by atoms with Crippen LogP contribution >= 0.6 is 0 Å². The van der Waals surface area contributed by atoms with Crippen molar-refractivity contribution in [3.63, 3.8) is 0 Å². The lowest BCUT2D eigenvalue weighted by Gasteiger charge is -2.34. The molecule has 1 saturated carbocycles. The molecule has 154 valence electrons. The van der Waals surface area contributed by atoms with Crippen LogP contribution in [0.5, 0.6) is 5.75 Å². The van der Waals surface area contributed by atoms with Crippen LogP contribution in [0.2, 0.25) is 0 Å². The standard InChI is InChI=1S/C21H27N5O3/c1-28-17-6-4-15(5-7-17)20-13-26-19(14-29-20)18(22-23-26)12-24-8-10-25(11-9-24)21(27)16-2-3-16/h4-7,16,20H,2-3,8-14H2,1H3. The number of nitrogens with zero attached hydrogens (tertiary/aromatic N) is 5. The number of aromatic nitrogens is 3. The SMILES string of the molecule is COc1ccc(C2Cn3nnc(CN4CCN(C(=O)C5CC5)CC4)c3CO2)cc1. The number of rotatable bonds is 5. The highest BCUT2D eigenvalue weighted by Crippen LogP contribution is 2.31. The maximum absolute atomic E-state index is 12.2. The van der Waals surface area contributed by atoms with E-state index in [0.29, 0.717) is 25.0 Å². The molecule has 2 fully saturated rings. The second kappa shape index (κ2) is 7.76. The lowest BCUT2D eigenvalue weighted by Crippen LogP contribution is -2.48. The fraction of sp³-hybridized carbons (Fsp3) is 0.571. The Morgan fingerprint density at radius 1 is 1.17 bits per heavy atom. The van der Waals surface area contributed by atoms with Gasteiger partial charge >= 0.3 is 0 Å². The fourth-order valence-electron chi connectivity index (χ4n) is 4.13. The molecule has 0 radical (unpaired) electrons. The number of fused-ring (bicyclic) bond motifs is 1.